The number of aliphatic carboxylic acids is 1. The fourth-order valence-electron chi connectivity index (χ4n) is 1.68. The molecule has 0 bridgehead atoms. The third-order valence-corrected chi connectivity index (χ3v) is 2.61. The summed E-state index contributed by atoms with van der Waals surface area (Å²) in [5.41, 5.74) is 1.04. The number of carbonyl (C=O) groups is 1. The maximum absolute atomic E-state index is 10.7. The van der Waals surface area contributed by atoms with Crippen molar-refractivity contribution in [3.05, 3.63) is 41.2 Å². The van der Waals surface area contributed by atoms with Crippen LogP contribution >= 0.6 is 0 Å². The zero-order valence-electron chi connectivity index (χ0n) is 9.80. The van der Waals surface area contributed by atoms with Gasteiger partial charge in [0.2, 0.25) is 0 Å². The molecule has 4 heteroatoms. The third kappa shape index (κ3) is 2.25. The Balaban J connectivity index is 2.47. The molecule has 0 saturated carbocycles. The topological polar surface area (TPSA) is 74.2 Å². The van der Waals surface area contributed by atoms with Gasteiger partial charge >= 0.3 is 5.97 Å². The van der Waals surface area contributed by atoms with Crippen LogP contribution in [0.15, 0.2) is 34.3 Å². The molecule has 0 radical (unpaired) electrons. The fraction of sp³-hybridized carbons (Fsp3) is 0.143. The van der Waals surface area contributed by atoms with Crippen LogP contribution in [0.25, 0.3) is 17.0 Å². The first kappa shape index (κ1) is 11.9. The van der Waals surface area contributed by atoms with E-state index < -0.39 is 5.97 Å². The van der Waals surface area contributed by atoms with Gasteiger partial charge in [-0.3, -0.25) is 0 Å². The summed E-state index contributed by atoms with van der Waals surface area (Å²) in [7, 11) is 0. The average Bonchev–Trinajstić information content (AvgIpc) is 2.77. The molecule has 4 nitrogen and oxygen atoms in total. The zero-order valence-corrected chi connectivity index (χ0v) is 9.80. The van der Waals surface area contributed by atoms with Gasteiger partial charge in [-0.25, -0.2) is 4.79 Å². The number of carboxylic acids is 1. The number of hydrogen-bond donors (Lipinski definition) is 1. The second-order valence-electron chi connectivity index (χ2n) is 3.84. The summed E-state index contributed by atoms with van der Waals surface area (Å²) in [5, 5.41) is 18.4. The molecule has 2 aromatic rings. The molecule has 1 N–H and O–H groups in total. The lowest BCUT2D eigenvalue weighted by Gasteiger charge is -1.94. The van der Waals surface area contributed by atoms with Gasteiger partial charge in [-0.15, -0.1) is 0 Å². The van der Waals surface area contributed by atoms with E-state index in [0.717, 1.165) is 17.6 Å². The van der Waals surface area contributed by atoms with Crippen molar-refractivity contribution in [1.82, 2.24) is 0 Å². The van der Waals surface area contributed by atoms with E-state index in [9.17, 15) is 4.79 Å². The summed E-state index contributed by atoms with van der Waals surface area (Å²) in [4.78, 5) is 10.7. The van der Waals surface area contributed by atoms with Crippen molar-refractivity contribution >= 4 is 23.0 Å². The van der Waals surface area contributed by atoms with Gasteiger partial charge in [0.05, 0.1) is 0 Å². The smallest absolute Gasteiger partial charge is 0.346 e. The maximum atomic E-state index is 10.7. The first-order valence-electron chi connectivity index (χ1n) is 5.51. The summed E-state index contributed by atoms with van der Waals surface area (Å²) < 4.78 is 5.57. The lowest BCUT2D eigenvalue weighted by Crippen LogP contribution is -1.97. The standard InChI is InChI=1S/C14H11NO3/c1-2-12-7-10-4-3-9(6-13(10)18-12)5-11(8-15)14(16)17/h3-7H,2H2,1H3,(H,16,17)/b11-5-. The molecule has 2 rings (SSSR count). The molecule has 0 aliphatic heterocycles. The summed E-state index contributed by atoms with van der Waals surface area (Å²) in [6.07, 6.45) is 2.13. The van der Waals surface area contributed by atoms with Crippen molar-refractivity contribution in [3.63, 3.8) is 0 Å². The third-order valence-electron chi connectivity index (χ3n) is 2.61. The Labute approximate surface area is 104 Å². The summed E-state index contributed by atoms with van der Waals surface area (Å²) >= 11 is 0. The molecule has 0 fully saturated rings. The molecule has 1 heterocycles. The highest BCUT2D eigenvalue weighted by molar-refractivity contribution is 5.97. The Morgan fingerprint density at radius 1 is 1.50 bits per heavy atom. The van der Waals surface area contributed by atoms with Crippen LogP contribution in [0.1, 0.15) is 18.2 Å². The van der Waals surface area contributed by atoms with Crippen LogP contribution in [0.2, 0.25) is 0 Å². The van der Waals surface area contributed by atoms with Crippen molar-refractivity contribution < 1.29 is 14.3 Å². The summed E-state index contributed by atoms with van der Waals surface area (Å²) in [6, 6.07) is 8.94. The summed E-state index contributed by atoms with van der Waals surface area (Å²) in [6.45, 7) is 2.00. The van der Waals surface area contributed by atoms with E-state index in [0.29, 0.717) is 11.1 Å². The van der Waals surface area contributed by atoms with Crippen LogP contribution in [0.5, 0.6) is 0 Å². The lowest BCUT2D eigenvalue weighted by molar-refractivity contribution is -0.132. The minimum atomic E-state index is -1.23. The number of fused-ring (bicyclic) bond motifs is 1. The van der Waals surface area contributed by atoms with Crippen LogP contribution in [-0.4, -0.2) is 11.1 Å². The summed E-state index contributed by atoms with van der Waals surface area (Å²) in [5.74, 6) is -0.351. The van der Waals surface area contributed by atoms with E-state index in [1.54, 1.807) is 18.2 Å². The Bertz CT molecular complexity index is 674. The van der Waals surface area contributed by atoms with E-state index >= 15 is 0 Å². The van der Waals surface area contributed by atoms with Gasteiger partial charge in [0.25, 0.3) is 0 Å². The monoisotopic (exact) mass is 241 g/mol. The van der Waals surface area contributed by atoms with E-state index in [1.807, 2.05) is 19.1 Å². The van der Waals surface area contributed by atoms with Gasteiger partial charge in [0.1, 0.15) is 23.0 Å². The first-order chi connectivity index (χ1) is 8.63. The predicted molar refractivity (Wildman–Crippen MR) is 66.8 cm³/mol. The Morgan fingerprint density at radius 2 is 2.28 bits per heavy atom. The average molecular weight is 241 g/mol. The Kier molecular flexibility index (Phi) is 3.16. The van der Waals surface area contributed by atoms with Crippen molar-refractivity contribution in [3.8, 4) is 6.07 Å². The van der Waals surface area contributed by atoms with Gasteiger partial charge in [0, 0.05) is 11.8 Å². The molecule has 0 atom stereocenters. The molecule has 0 aliphatic carbocycles. The molecule has 0 aliphatic rings. The lowest BCUT2D eigenvalue weighted by atomic mass is 10.1. The van der Waals surface area contributed by atoms with Crippen LogP contribution < -0.4 is 0 Å². The molecule has 0 unspecified atom stereocenters. The zero-order chi connectivity index (χ0) is 13.1. The fourth-order valence-corrected chi connectivity index (χ4v) is 1.68. The molecular formula is C14H11NO3. The molecule has 0 amide bonds. The number of nitriles is 1. The van der Waals surface area contributed by atoms with E-state index in [1.165, 1.54) is 6.08 Å². The molecular weight excluding hydrogens is 230 g/mol. The maximum Gasteiger partial charge on any atom is 0.346 e. The Morgan fingerprint density at radius 3 is 2.89 bits per heavy atom. The molecule has 1 aromatic heterocycles. The van der Waals surface area contributed by atoms with Crippen LogP contribution in [-0.2, 0) is 11.2 Å². The minimum absolute atomic E-state index is 0.295. The number of carboxylic acid groups (broad SMARTS) is 1. The van der Waals surface area contributed by atoms with E-state index in [4.69, 9.17) is 14.8 Å². The highest BCUT2D eigenvalue weighted by Crippen LogP contribution is 2.22. The SMILES string of the molecule is CCc1cc2ccc(/C=C(/C#N)C(=O)O)cc2o1. The molecule has 0 spiro atoms. The predicted octanol–water partition coefficient (Wildman–Crippen LogP) is 2.99. The van der Waals surface area contributed by atoms with E-state index in [-0.39, 0.29) is 5.57 Å². The van der Waals surface area contributed by atoms with Crippen molar-refractivity contribution in [2.24, 2.45) is 0 Å². The molecule has 90 valence electrons. The second-order valence-corrected chi connectivity index (χ2v) is 3.84. The first-order valence-corrected chi connectivity index (χ1v) is 5.51. The largest absolute Gasteiger partial charge is 0.477 e. The molecule has 18 heavy (non-hydrogen) atoms. The van der Waals surface area contributed by atoms with Crippen LogP contribution in [0.4, 0.5) is 0 Å². The minimum Gasteiger partial charge on any atom is -0.477 e. The molecule has 0 saturated heterocycles. The number of furan rings is 1. The number of nitrogens with zero attached hydrogens (tertiary/aromatic N) is 1. The normalized spacial score (nSPS) is 11.4. The quantitative estimate of drug-likeness (QED) is 0.662. The number of aryl methyl sites for hydroxylation is 1. The highest BCUT2D eigenvalue weighted by atomic mass is 16.4. The van der Waals surface area contributed by atoms with Gasteiger partial charge in [-0.05, 0) is 23.8 Å². The Hall–Kier alpha value is -2.54. The van der Waals surface area contributed by atoms with Gasteiger partial charge in [-0.1, -0.05) is 19.1 Å². The van der Waals surface area contributed by atoms with Gasteiger partial charge in [0.15, 0.2) is 0 Å². The van der Waals surface area contributed by atoms with E-state index in [2.05, 4.69) is 0 Å². The van der Waals surface area contributed by atoms with Gasteiger partial charge in [-0.2, -0.15) is 5.26 Å². The number of rotatable bonds is 3. The van der Waals surface area contributed by atoms with Gasteiger partial charge < -0.3 is 9.52 Å². The van der Waals surface area contributed by atoms with Crippen LogP contribution in [0, 0.1) is 11.3 Å². The number of benzene rings is 1. The molecule has 1 aromatic carbocycles. The van der Waals surface area contributed by atoms with Crippen molar-refractivity contribution in [2.45, 2.75) is 13.3 Å². The highest BCUT2D eigenvalue weighted by Gasteiger charge is 2.07. The second kappa shape index (κ2) is 4.76. The van der Waals surface area contributed by atoms with Crippen molar-refractivity contribution in [2.75, 3.05) is 0 Å². The van der Waals surface area contributed by atoms with Crippen molar-refractivity contribution in [1.29, 1.82) is 5.26 Å². The van der Waals surface area contributed by atoms with Crippen LogP contribution in [0.3, 0.4) is 0 Å². The number of hydrogen-bond acceptors (Lipinski definition) is 3.